The summed E-state index contributed by atoms with van der Waals surface area (Å²) in [7, 11) is 0. The summed E-state index contributed by atoms with van der Waals surface area (Å²) in [6.07, 6.45) is 2.28. The zero-order valence-electron chi connectivity index (χ0n) is 12.1. The summed E-state index contributed by atoms with van der Waals surface area (Å²) in [6, 6.07) is -0.0897. The zero-order chi connectivity index (χ0) is 14.9. The number of carbonyl (C=O) groups is 1. The molecule has 7 nitrogen and oxygen atoms in total. The molecule has 0 spiro atoms. The van der Waals surface area contributed by atoms with Crippen molar-refractivity contribution in [1.82, 2.24) is 14.9 Å². The summed E-state index contributed by atoms with van der Waals surface area (Å²) in [5.74, 6) is 1.11. The second-order valence-corrected chi connectivity index (χ2v) is 6.10. The van der Waals surface area contributed by atoms with Crippen LogP contribution >= 0.6 is 0 Å². The number of amides is 1. The Hall–Kier alpha value is -2.05. The number of nitrogen functional groups attached to an aromatic ring is 1. The number of nitrogens with two attached hydrogens (primary N) is 1. The molecular weight excluding hydrogens is 258 g/mol. The third-order valence-corrected chi connectivity index (χ3v) is 3.61. The predicted molar refractivity (Wildman–Crippen MR) is 76.6 cm³/mol. The van der Waals surface area contributed by atoms with Crippen LogP contribution in [-0.4, -0.2) is 51.7 Å². The maximum absolute atomic E-state index is 11.4. The summed E-state index contributed by atoms with van der Waals surface area (Å²) in [5, 5.41) is 9.33. The highest BCUT2D eigenvalue weighted by molar-refractivity contribution is 5.66. The zero-order valence-corrected chi connectivity index (χ0v) is 12.1. The van der Waals surface area contributed by atoms with Crippen molar-refractivity contribution in [2.75, 3.05) is 30.3 Å². The third kappa shape index (κ3) is 2.92. The molecule has 0 bridgehead atoms. The van der Waals surface area contributed by atoms with Gasteiger partial charge < -0.3 is 20.6 Å². The molecule has 1 unspecified atom stereocenters. The lowest BCUT2D eigenvalue weighted by atomic mass is 9.84. The first-order valence-electron chi connectivity index (χ1n) is 6.61. The number of nitrogens with zero attached hydrogens (tertiary/aromatic N) is 4. The number of aromatic nitrogens is 2. The van der Waals surface area contributed by atoms with Crippen molar-refractivity contribution >= 4 is 17.7 Å². The van der Waals surface area contributed by atoms with Crippen LogP contribution in [0.2, 0.25) is 0 Å². The minimum absolute atomic E-state index is 0.0897. The van der Waals surface area contributed by atoms with Gasteiger partial charge in [-0.1, -0.05) is 20.8 Å². The molecule has 1 aromatic rings. The lowest BCUT2D eigenvalue weighted by Crippen LogP contribution is -2.59. The Morgan fingerprint density at radius 2 is 2.05 bits per heavy atom. The maximum atomic E-state index is 11.4. The Morgan fingerprint density at radius 3 is 2.55 bits per heavy atom. The van der Waals surface area contributed by atoms with Crippen molar-refractivity contribution < 1.29 is 9.90 Å². The fourth-order valence-electron chi connectivity index (χ4n) is 2.46. The van der Waals surface area contributed by atoms with Crippen molar-refractivity contribution in [3.05, 3.63) is 12.4 Å². The number of piperazine rings is 1. The molecule has 2 heterocycles. The van der Waals surface area contributed by atoms with Crippen LogP contribution in [0.1, 0.15) is 20.8 Å². The molecule has 1 fully saturated rings. The molecule has 110 valence electrons. The van der Waals surface area contributed by atoms with E-state index in [1.807, 2.05) is 20.8 Å². The predicted octanol–water partition coefficient (Wildman–Crippen LogP) is 1.27. The molecule has 3 N–H and O–H groups in total. The molecule has 0 aliphatic carbocycles. The molecule has 1 amide bonds. The van der Waals surface area contributed by atoms with E-state index in [-0.39, 0.29) is 11.5 Å². The van der Waals surface area contributed by atoms with Crippen LogP contribution in [0, 0.1) is 5.41 Å². The van der Waals surface area contributed by atoms with E-state index in [1.165, 1.54) is 11.1 Å². The van der Waals surface area contributed by atoms with Gasteiger partial charge in [0, 0.05) is 19.6 Å². The van der Waals surface area contributed by atoms with Crippen molar-refractivity contribution in [3.8, 4) is 0 Å². The van der Waals surface area contributed by atoms with Gasteiger partial charge in [0.2, 0.25) is 0 Å². The largest absolute Gasteiger partial charge is 0.465 e. The van der Waals surface area contributed by atoms with Gasteiger partial charge in [0.1, 0.15) is 11.6 Å². The Labute approximate surface area is 118 Å². The number of hydrogen-bond donors (Lipinski definition) is 2. The molecule has 0 aromatic carbocycles. The van der Waals surface area contributed by atoms with Crippen molar-refractivity contribution in [2.45, 2.75) is 26.8 Å². The number of rotatable bonds is 1. The van der Waals surface area contributed by atoms with E-state index >= 15 is 0 Å². The van der Waals surface area contributed by atoms with Gasteiger partial charge in [-0.15, -0.1) is 0 Å². The lowest BCUT2D eigenvalue weighted by Gasteiger charge is -2.46. The topological polar surface area (TPSA) is 95.6 Å². The average molecular weight is 279 g/mol. The van der Waals surface area contributed by atoms with Crippen LogP contribution in [0.25, 0.3) is 0 Å². The van der Waals surface area contributed by atoms with Crippen molar-refractivity contribution in [2.24, 2.45) is 5.41 Å². The molecule has 1 atom stereocenters. The fourth-order valence-corrected chi connectivity index (χ4v) is 2.46. The van der Waals surface area contributed by atoms with E-state index in [0.717, 1.165) is 5.82 Å². The highest BCUT2D eigenvalue weighted by atomic mass is 16.4. The van der Waals surface area contributed by atoms with E-state index in [9.17, 15) is 9.90 Å². The second-order valence-electron chi connectivity index (χ2n) is 6.10. The van der Waals surface area contributed by atoms with Gasteiger partial charge in [0.25, 0.3) is 0 Å². The van der Waals surface area contributed by atoms with Crippen molar-refractivity contribution in [3.63, 3.8) is 0 Å². The summed E-state index contributed by atoms with van der Waals surface area (Å²) in [5.41, 5.74) is 5.40. The van der Waals surface area contributed by atoms with Crippen LogP contribution in [-0.2, 0) is 0 Å². The van der Waals surface area contributed by atoms with Gasteiger partial charge in [-0.2, -0.15) is 0 Å². The summed E-state index contributed by atoms with van der Waals surface area (Å²) < 4.78 is 0. The molecule has 2 rings (SSSR count). The van der Waals surface area contributed by atoms with Crippen LogP contribution in [0.15, 0.2) is 12.4 Å². The van der Waals surface area contributed by atoms with Crippen LogP contribution in [0.3, 0.4) is 0 Å². The summed E-state index contributed by atoms with van der Waals surface area (Å²) >= 11 is 0. The first kappa shape index (κ1) is 14.4. The quantitative estimate of drug-likeness (QED) is 0.804. The van der Waals surface area contributed by atoms with E-state index in [0.29, 0.717) is 25.5 Å². The van der Waals surface area contributed by atoms with Gasteiger partial charge in [-0.05, 0) is 5.41 Å². The molecule has 0 saturated carbocycles. The van der Waals surface area contributed by atoms with E-state index < -0.39 is 6.09 Å². The molecular formula is C13H21N5O2. The monoisotopic (exact) mass is 279 g/mol. The smallest absolute Gasteiger partial charge is 0.407 e. The third-order valence-electron chi connectivity index (χ3n) is 3.61. The molecule has 20 heavy (non-hydrogen) atoms. The van der Waals surface area contributed by atoms with Crippen LogP contribution in [0.5, 0.6) is 0 Å². The van der Waals surface area contributed by atoms with E-state index in [1.54, 1.807) is 6.20 Å². The minimum Gasteiger partial charge on any atom is -0.465 e. The Morgan fingerprint density at radius 1 is 1.35 bits per heavy atom. The first-order valence-corrected chi connectivity index (χ1v) is 6.61. The normalized spacial score (nSPS) is 20.1. The number of carboxylic acid groups (broad SMARTS) is 1. The molecule has 0 radical (unpaired) electrons. The Kier molecular flexibility index (Phi) is 3.69. The first-order chi connectivity index (χ1) is 9.29. The number of anilines is 2. The molecule has 1 aliphatic heterocycles. The average Bonchev–Trinajstić information content (AvgIpc) is 2.38. The van der Waals surface area contributed by atoms with Gasteiger partial charge in [-0.25, -0.2) is 14.8 Å². The van der Waals surface area contributed by atoms with E-state index in [2.05, 4.69) is 14.9 Å². The van der Waals surface area contributed by atoms with Crippen molar-refractivity contribution in [1.29, 1.82) is 0 Å². The minimum atomic E-state index is -0.868. The second kappa shape index (κ2) is 5.15. The van der Waals surface area contributed by atoms with Crippen LogP contribution < -0.4 is 10.6 Å². The molecule has 1 aromatic heterocycles. The Balaban J connectivity index is 2.20. The number of hydrogen-bond acceptors (Lipinski definition) is 5. The van der Waals surface area contributed by atoms with Crippen LogP contribution in [0.4, 0.5) is 16.4 Å². The summed E-state index contributed by atoms with van der Waals surface area (Å²) in [4.78, 5) is 23.2. The van der Waals surface area contributed by atoms with Gasteiger partial charge >= 0.3 is 6.09 Å². The Bertz CT molecular complexity index is 483. The summed E-state index contributed by atoms with van der Waals surface area (Å²) in [6.45, 7) is 7.82. The van der Waals surface area contributed by atoms with Gasteiger partial charge in [0.05, 0.1) is 18.4 Å². The van der Waals surface area contributed by atoms with Gasteiger partial charge in [0.15, 0.2) is 0 Å². The molecule has 1 saturated heterocycles. The maximum Gasteiger partial charge on any atom is 0.407 e. The SMILES string of the molecule is CC(C)(C)C1CN(c2cnc(N)cn2)CCN1C(=O)O. The standard InChI is InChI=1S/C13H21N5O2/c1-13(2,3)9-8-17(4-5-18(9)12(19)20)11-7-15-10(14)6-16-11/h6-7,9H,4-5,8H2,1-3H3,(H2,14,15)(H,19,20). The lowest BCUT2D eigenvalue weighted by molar-refractivity contribution is 0.0747. The highest BCUT2D eigenvalue weighted by Crippen LogP contribution is 2.29. The van der Waals surface area contributed by atoms with E-state index in [4.69, 9.17) is 5.73 Å². The fraction of sp³-hybridized carbons (Fsp3) is 0.615. The highest BCUT2D eigenvalue weighted by Gasteiger charge is 2.38. The molecule has 7 heteroatoms. The van der Waals surface area contributed by atoms with Gasteiger partial charge in [-0.3, -0.25) is 0 Å². The molecule has 1 aliphatic rings.